The summed E-state index contributed by atoms with van der Waals surface area (Å²) < 4.78 is 0. The van der Waals surface area contributed by atoms with Crippen molar-refractivity contribution < 1.29 is 4.79 Å². The van der Waals surface area contributed by atoms with Gasteiger partial charge in [0.1, 0.15) is 11.1 Å². The second kappa shape index (κ2) is 6.70. The number of hydrogen-bond donors (Lipinski definition) is 0. The third-order valence-corrected chi connectivity index (χ3v) is 5.56. The van der Waals surface area contributed by atoms with Crippen molar-refractivity contribution in [2.75, 3.05) is 5.75 Å². The average molecular weight is 344 g/mol. The number of nitrogens with zero attached hydrogens (tertiary/aromatic N) is 2. The van der Waals surface area contributed by atoms with E-state index in [1.54, 1.807) is 0 Å². The van der Waals surface area contributed by atoms with Crippen LogP contribution in [0.25, 0.3) is 10.8 Å². The molecule has 122 valence electrons. The quantitative estimate of drug-likeness (QED) is 0.514. The highest BCUT2D eigenvalue weighted by Gasteiger charge is 2.18. The van der Waals surface area contributed by atoms with Crippen LogP contribution in [-0.2, 0) is 12.8 Å². The van der Waals surface area contributed by atoms with Gasteiger partial charge in [0.15, 0.2) is 5.78 Å². The molecular weight excluding hydrogens is 328 g/mol. The zero-order chi connectivity index (χ0) is 17.2. The molecule has 0 fully saturated rings. The van der Waals surface area contributed by atoms with Crippen LogP contribution in [0, 0.1) is 11.3 Å². The SMILES string of the molecule is N#Cc1cc2c(nc1SCC(=O)c1cccc3ccccc13)CCC2. The van der Waals surface area contributed by atoms with Gasteiger partial charge in [-0.2, -0.15) is 5.26 Å². The van der Waals surface area contributed by atoms with Crippen molar-refractivity contribution in [1.29, 1.82) is 5.26 Å². The fourth-order valence-electron chi connectivity index (χ4n) is 3.32. The molecule has 1 aliphatic carbocycles. The number of thioether (sulfide) groups is 1. The molecule has 1 aromatic heterocycles. The summed E-state index contributed by atoms with van der Waals surface area (Å²) in [5.41, 5.74) is 3.57. The molecule has 25 heavy (non-hydrogen) atoms. The van der Waals surface area contributed by atoms with Gasteiger partial charge >= 0.3 is 0 Å². The molecule has 2 aromatic carbocycles. The van der Waals surface area contributed by atoms with Crippen molar-refractivity contribution in [1.82, 2.24) is 4.98 Å². The molecular formula is C21H16N2OS. The molecule has 1 aliphatic rings. The van der Waals surface area contributed by atoms with Crippen LogP contribution in [0.4, 0.5) is 0 Å². The minimum Gasteiger partial charge on any atom is -0.293 e. The first-order chi connectivity index (χ1) is 12.3. The van der Waals surface area contributed by atoms with Crippen LogP contribution >= 0.6 is 11.8 Å². The van der Waals surface area contributed by atoms with E-state index in [4.69, 9.17) is 0 Å². The minimum atomic E-state index is 0.0630. The lowest BCUT2D eigenvalue weighted by Crippen LogP contribution is -2.04. The fraction of sp³-hybridized carbons (Fsp3) is 0.190. The second-order valence-electron chi connectivity index (χ2n) is 6.15. The van der Waals surface area contributed by atoms with E-state index in [1.165, 1.54) is 17.3 Å². The Morgan fingerprint density at radius 2 is 2.00 bits per heavy atom. The van der Waals surface area contributed by atoms with Gasteiger partial charge in [0.05, 0.1) is 11.3 Å². The lowest BCUT2D eigenvalue weighted by molar-refractivity contribution is 0.102. The smallest absolute Gasteiger partial charge is 0.173 e. The summed E-state index contributed by atoms with van der Waals surface area (Å²) in [5.74, 6) is 0.349. The number of pyridine rings is 1. The molecule has 0 radical (unpaired) electrons. The van der Waals surface area contributed by atoms with Crippen LogP contribution < -0.4 is 0 Å². The first-order valence-electron chi connectivity index (χ1n) is 8.33. The highest BCUT2D eigenvalue weighted by atomic mass is 32.2. The van der Waals surface area contributed by atoms with Gasteiger partial charge in [-0.1, -0.05) is 54.2 Å². The Balaban J connectivity index is 1.59. The third-order valence-electron chi connectivity index (χ3n) is 4.57. The summed E-state index contributed by atoms with van der Waals surface area (Å²) in [5, 5.41) is 12.1. The fourth-order valence-corrected chi connectivity index (χ4v) is 4.18. The Bertz CT molecular complexity index is 1010. The molecule has 1 heterocycles. The Morgan fingerprint density at radius 3 is 2.88 bits per heavy atom. The molecule has 0 spiro atoms. The van der Waals surface area contributed by atoms with Crippen molar-refractivity contribution in [3.05, 3.63) is 70.9 Å². The number of hydrogen-bond acceptors (Lipinski definition) is 4. The van der Waals surface area contributed by atoms with Crippen molar-refractivity contribution in [3.8, 4) is 6.07 Å². The number of aromatic nitrogens is 1. The summed E-state index contributed by atoms with van der Waals surface area (Å²) in [6, 6.07) is 17.9. The standard InChI is InChI=1S/C21H16N2OS/c22-12-16-11-15-7-4-10-19(15)23-21(16)25-13-20(24)18-9-3-6-14-5-1-2-8-17(14)18/h1-3,5-6,8-9,11H,4,7,10,13H2. The maximum atomic E-state index is 12.7. The first kappa shape index (κ1) is 15.9. The number of aryl methyl sites for hydroxylation is 2. The first-order valence-corrected chi connectivity index (χ1v) is 9.31. The highest BCUT2D eigenvalue weighted by molar-refractivity contribution is 8.00. The Hall–Kier alpha value is -2.64. The maximum Gasteiger partial charge on any atom is 0.173 e. The number of nitriles is 1. The zero-order valence-corrected chi connectivity index (χ0v) is 14.5. The summed E-state index contributed by atoms with van der Waals surface area (Å²) in [6.45, 7) is 0. The van der Waals surface area contributed by atoms with E-state index in [0.717, 1.165) is 41.3 Å². The van der Waals surface area contributed by atoms with Crippen molar-refractivity contribution in [2.24, 2.45) is 0 Å². The van der Waals surface area contributed by atoms with Crippen LogP contribution in [0.5, 0.6) is 0 Å². The van der Waals surface area contributed by atoms with E-state index in [1.807, 2.05) is 48.5 Å². The molecule has 4 heteroatoms. The maximum absolute atomic E-state index is 12.7. The number of carbonyl (C=O) groups excluding carboxylic acids is 1. The molecule has 3 aromatic rings. The molecule has 0 aliphatic heterocycles. The van der Waals surface area contributed by atoms with Crippen LogP contribution in [0.2, 0.25) is 0 Å². The van der Waals surface area contributed by atoms with Gasteiger partial charge < -0.3 is 0 Å². The summed E-state index contributed by atoms with van der Waals surface area (Å²) >= 11 is 1.37. The highest BCUT2D eigenvalue weighted by Crippen LogP contribution is 2.29. The Morgan fingerprint density at radius 1 is 1.16 bits per heavy atom. The van der Waals surface area contributed by atoms with Gasteiger partial charge in [0.2, 0.25) is 0 Å². The van der Waals surface area contributed by atoms with Crippen LogP contribution in [0.1, 0.15) is 33.6 Å². The number of rotatable bonds is 4. The van der Waals surface area contributed by atoms with Crippen LogP contribution in [-0.4, -0.2) is 16.5 Å². The number of Topliss-reactive ketones (excluding diaryl/α,β-unsaturated/α-hetero) is 1. The largest absolute Gasteiger partial charge is 0.293 e. The normalized spacial score (nSPS) is 12.8. The lowest BCUT2D eigenvalue weighted by Gasteiger charge is -2.08. The Kier molecular flexibility index (Phi) is 4.25. The summed E-state index contributed by atoms with van der Waals surface area (Å²) in [6.07, 6.45) is 3.05. The summed E-state index contributed by atoms with van der Waals surface area (Å²) in [7, 11) is 0. The number of benzene rings is 2. The van der Waals surface area contributed by atoms with Crippen molar-refractivity contribution in [2.45, 2.75) is 24.3 Å². The average Bonchev–Trinajstić information content (AvgIpc) is 3.12. The molecule has 0 bridgehead atoms. The molecule has 0 N–H and O–H groups in total. The van der Waals surface area contributed by atoms with Crippen LogP contribution in [0.15, 0.2) is 53.6 Å². The molecule has 0 unspecified atom stereocenters. The molecule has 0 saturated heterocycles. The van der Waals surface area contributed by atoms with Gasteiger partial charge in [0, 0.05) is 11.3 Å². The molecule has 0 amide bonds. The molecule has 0 atom stereocenters. The minimum absolute atomic E-state index is 0.0630. The van der Waals surface area contributed by atoms with Gasteiger partial charge in [0.25, 0.3) is 0 Å². The predicted molar refractivity (Wildman–Crippen MR) is 100.0 cm³/mol. The van der Waals surface area contributed by atoms with E-state index in [-0.39, 0.29) is 11.5 Å². The van der Waals surface area contributed by atoms with E-state index in [2.05, 4.69) is 11.1 Å². The number of carbonyl (C=O) groups is 1. The lowest BCUT2D eigenvalue weighted by atomic mass is 10.0. The molecule has 3 nitrogen and oxygen atoms in total. The van der Waals surface area contributed by atoms with E-state index in [0.29, 0.717) is 10.6 Å². The van der Waals surface area contributed by atoms with Gasteiger partial charge in [-0.3, -0.25) is 4.79 Å². The zero-order valence-electron chi connectivity index (χ0n) is 13.7. The second-order valence-corrected chi connectivity index (χ2v) is 7.11. The molecule has 4 rings (SSSR count). The van der Waals surface area contributed by atoms with Gasteiger partial charge in [-0.15, -0.1) is 0 Å². The van der Waals surface area contributed by atoms with E-state index < -0.39 is 0 Å². The Labute approximate surface area is 150 Å². The number of ketones is 1. The van der Waals surface area contributed by atoms with Gasteiger partial charge in [-0.05, 0) is 41.7 Å². The molecule has 0 saturated carbocycles. The van der Waals surface area contributed by atoms with Crippen LogP contribution in [0.3, 0.4) is 0 Å². The van der Waals surface area contributed by atoms with Crippen molar-refractivity contribution >= 4 is 28.3 Å². The van der Waals surface area contributed by atoms with Crippen molar-refractivity contribution in [3.63, 3.8) is 0 Å². The van der Waals surface area contributed by atoms with E-state index in [9.17, 15) is 10.1 Å². The topological polar surface area (TPSA) is 53.8 Å². The summed E-state index contributed by atoms with van der Waals surface area (Å²) in [4.78, 5) is 17.4. The van der Waals surface area contributed by atoms with E-state index >= 15 is 0 Å². The third kappa shape index (κ3) is 3.04. The predicted octanol–water partition coefficient (Wildman–Crippen LogP) is 4.57. The van der Waals surface area contributed by atoms with Gasteiger partial charge in [-0.25, -0.2) is 4.98 Å². The number of fused-ring (bicyclic) bond motifs is 2. The monoisotopic (exact) mass is 344 g/mol.